The summed E-state index contributed by atoms with van der Waals surface area (Å²) in [7, 11) is 0.306. The first-order chi connectivity index (χ1) is 11.8. The van der Waals surface area contributed by atoms with Crippen LogP contribution in [0.3, 0.4) is 0 Å². The van der Waals surface area contributed by atoms with E-state index in [1.54, 1.807) is 12.1 Å². The molecule has 0 atom stereocenters. The highest BCUT2D eigenvalue weighted by Gasteiger charge is 2.23. The fourth-order valence-electron chi connectivity index (χ4n) is 2.12. The molecular weight excluding hydrogens is 412 g/mol. The summed E-state index contributed by atoms with van der Waals surface area (Å²) in [6.45, 7) is 0. The van der Waals surface area contributed by atoms with Gasteiger partial charge in [-0.05, 0) is 36.4 Å². The summed E-state index contributed by atoms with van der Waals surface area (Å²) in [5.74, 6) is 0.171. The van der Waals surface area contributed by atoms with E-state index in [4.69, 9.17) is 9.47 Å². The molecule has 0 saturated carbocycles. The second-order valence-electron chi connectivity index (χ2n) is 4.89. The fourth-order valence-corrected chi connectivity index (χ4v) is 3.91. The number of nitrogens with one attached hydrogen (secondary N) is 2. The van der Waals surface area contributed by atoms with Crippen LogP contribution in [0.2, 0.25) is 0 Å². The van der Waals surface area contributed by atoms with Crippen LogP contribution in [0.5, 0.6) is 11.5 Å². The molecule has 0 aliphatic rings. The average molecular weight is 429 g/mol. The van der Waals surface area contributed by atoms with E-state index >= 15 is 0 Å². The Morgan fingerprint density at radius 1 is 1.08 bits per heavy atom. The molecular formula is C16H17BrN2O5S. The Kier molecular flexibility index (Phi) is 5.91. The molecule has 0 saturated heterocycles. The predicted octanol–water partition coefficient (Wildman–Crippen LogP) is 2.63. The zero-order valence-corrected chi connectivity index (χ0v) is 16.2. The first-order valence-corrected chi connectivity index (χ1v) is 9.36. The number of hydrogen-bond donors (Lipinski definition) is 2. The Bertz CT molecular complexity index is 899. The fraction of sp³-hybridized carbons (Fsp3) is 0.188. The van der Waals surface area contributed by atoms with Crippen molar-refractivity contribution in [2.75, 3.05) is 26.0 Å². The van der Waals surface area contributed by atoms with Gasteiger partial charge in [0.2, 0.25) is 0 Å². The molecule has 0 spiro atoms. The quantitative estimate of drug-likeness (QED) is 0.737. The predicted molar refractivity (Wildman–Crippen MR) is 97.9 cm³/mol. The van der Waals surface area contributed by atoms with Gasteiger partial charge in [-0.1, -0.05) is 15.9 Å². The number of amides is 1. The Morgan fingerprint density at radius 2 is 1.80 bits per heavy atom. The number of halogens is 1. The van der Waals surface area contributed by atoms with Crippen LogP contribution < -0.4 is 19.5 Å². The lowest BCUT2D eigenvalue weighted by Crippen LogP contribution is -2.22. The van der Waals surface area contributed by atoms with Gasteiger partial charge in [-0.15, -0.1) is 0 Å². The summed E-state index contributed by atoms with van der Waals surface area (Å²) in [6, 6.07) is 9.10. The van der Waals surface area contributed by atoms with E-state index in [1.165, 1.54) is 45.5 Å². The van der Waals surface area contributed by atoms with Crippen LogP contribution in [0.1, 0.15) is 10.4 Å². The van der Waals surface area contributed by atoms with Crippen molar-refractivity contribution in [2.24, 2.45) is 0 Å². The number of carbonyl (C=O) groups is 1. The van der Waals surface area contributed by atoms with E-state index < -0.39 is 15.9 Å². The van der Waals surface area contributed by atoms with Crippen LogP contribution in [0, 0.1) is 0 Å². The molecule has 0 aromatic heterocycles. The second-order valence-corrected chi connectivity index (χ2v) is 7.46. The minimum Gasteiger partial charge on any atom is -0.497 e. The topological polar surface area (TPSA) is 93.7 Å². The third-order valence-electron chi connectivity index (χ3n) is 3.36. The van der Waals surface area contributed by atoms with Gasteiger partial charge in [-0.3, -0.25) is 9.52 Å². The SMILES string of the molecule is CNC(=O)c1cc(OC)ccc1NS(=O)(=O)c1cc(Br)ccc1OC. The van der Waals surface area contributed by atoms with E-state index in [0.29, 0.717) is 10.2 Å². The maximum atomic E-state index is 12.8. The van der Waals surface area contributed by atoms with Crippen molar-refractivity contribution in [1.82, 2.24) is 5.32 Å². The molecule has 0 fully saturated rings. The Labute approximate surface area is 154 Å². The van der Waals surface area contributed by atoms with Crippen molar-refractivity contribution in [2.45, 2.75) is 4.90 Å². The van der Waals surface area contributed by atoms with Gasteiger partial charge in [0.15, 0.2) is 0 Å². The zero-order valence-electron chi connectivity index (χ0n) is 13.8. The molecule has 0 radical (unpaired) electrons. The number of rotatable bonds is 6. The van der Waals surface area contributed by atoms with E-state index in [0.717, 1.165) is 0 Å². The lowest BCUT2D eigenvalue weighted by atomic mass is 10.1. The van der Waals surface area contributed by atoms with Gasteiger partial charge in [0.25, 0.3) is 15.9 Å². The molecule has 0 unspecified atom stereocenters. The molecule has 7 nitrogen and oxygen atoms in total. The molecule has 1 amide bonds. The van der Waals surface area contributed by atoms with Crippen molar-refractivity contribution in [3.8, 4) is 11.5 Å². The smallest absolute Gasteiger partial charge is 0.265 e. The van der Waals surface area contributed by atoms with Crippen molar-refractivity contribution >= 4 is 37.5 Å². The summed E-state index contributed by atoms with van der Waals surface area (Å²) < 4.78 is 38.8. The Morgan fingerprint density at radius 3 is 2.40 bits per heavy atom. The molecule has 0 aliphatic heterocycles. The molecule has 0 bridgehead atoms. The summed E-state index contributed by atoms with van der Waals surface area (Å²) in [6.07, 6.45) is 0. The summed E-state index contributed by atoms with van der Waals surface area (Å²) in [5, 5.41) is 2.47. The van der Waals surface area contributed by atoms with Crippen molar-refractivity contribution in [3.63, 3.8) is 0 Å². The van der Waals surface area contributed by atoms with Crippen LogP contribution in [0.4, 0.5) is 5.69 Å². The lowest BCUT2D eigenvalue weighted by molar-refractivity contribution is 0.0963. The highest BCUT2D eigenvalue weighted by Crippen LogP contribution is 2.30. The van der Waals surface area contributed by atoms with Crippen LogP contribution in [-0.4, -0.2) is 35.6 Å². The minimum atomic E-state index is -3.99. The van der Waals surface area contributed by atoms with Crippen molar-refractivity contribution in [3.05, 3.63) is 46.4 Å². The number of anilines is 1. The highest BCUT2D eigenvalue weighted by atomic mass is 79.9. The number of methoxy groups -OCH3 is 2. The largest absolute Gasteiger partial charge is 0.497 e. The van der Waals surface area contributed by atoms with Crippen LogP contribution in [0.25, 0.3) is 0 Å². The summed E-state index contributed by atoms with van der Waals surface area (Å²) >= 11 is 3.24. The third-order valence-corrected chi connectivity index (χ3v) is 5.24. The van der Waals surface area contributed by atoms with E-state index in [1.807, 2.05) is 0 Å². The van der Waals surface area contributed by atoms with Crippen LogP contribution in [-0.2, 0) is 10.0 Å². The number of benzene rings is 2. The summed E-state index contributed by atoms with van der Waals surface area (Å²) in [5.41, 5.74) is 0.265. The standard InChI is InChI=1S/C16H17BrN2O5S/c1-18-16(20)12-9-11(23-2)5-6-13(12)19-25(21,22)15-8-10(17)4-7-14(15)24-3/h4-9,19H,1-3H3,(H,18,20). The van der Waals surface area contributed by atoms with Gasteiger partial charge >= 0.3 is 0 Å². The minimum absolute atomic E-state index is 0.0527. The number of sulfonamides is 1. The van der Waals surface area contributed by atoms with Gasteiger partial charge < -0.3 is 14.8 Å². The second kappa shape index (κ2) is 7.75. The molecule has 2 rings (SSSR count). The first-order valence-electron chi connectivity index (χ1n) is 7.09. The van der Waals surface area contributed by atoms with E-state index in [-0.39, 0.29) is 21.9 Å². The zero-order chi connectivity index (χ0) is 18.6. The first kappa shape index (κ1) is 19.1. The number of hydrogen-bond acceptors (Lipinski definition) is 5. The number of ether oxygens (including phenoxy) is 2. The van der Waals surface area contributed by atoms with Gasteiger partial charge in [0.1, 0.15) is 16.4 Å². The average Bonchev–Trinajstić information content (AvgIpc) is 2.61. The van der Waals surface area contributed by atoms with Gasteiger partial charge in [0.05, 0.1) is 25.5 Å². The third kappa shape index (κ3) is 4.23. The molecule has 134 valence electrons. The normalized spacial score (nSPS) is 10.9. The van der Waals surface area contributed by atoms with E-state index in [9.17, 15) is 13.2 Å². The van der Waals surface area contributed by atoms with Gasteiger partial charge in [-0.2, -0.15) is 0 Å². The highest BCUT2D eigenvalue weighted by molar-refractivity contribution is 9.10. The van der Waals surface area contributed by atoms with Gasteiger partial charge in [0, 0.05) is 11.5 Å². The molecule has 0 heterocycles. The molecule has 2 aromatic rings. The molecule has 2 aromatic carbocycles. The molecule has 9 heteroatoms. The number of carbonyl (C=O) groups excluding carboxylic acids is 1. The molecule has 0 aliphatic carbocycles. The van der Waals surface area contributed by atoms with E-state index in [2.05, 4.69) is 26.0 Å². The van der Waals surface area contributed by atoms with Crippen molar-refractivity contribution in [1.29, 1.82) is 0 Å². The van der Waals surface area contributed by atoms with Crippen LogP contribution >= 0.6 is 15.9 Å². The summed E-state index contributed by atoms with van der Waals surface area (Å²) in [4.78, 5) is 12.0. The Hall–Kier alpha value is -2.26. The van der Waals surface area contributed by atoms with Crippen molar-refractivity contribution < 1.29 is 22.7 Å². The monoisotopic (exact) mass is 428 g/mol. The maximum absolute atomic E-state index is 12.8. The Balaban J connectivity index is 2.51. The maximum Gasteiger partial charge on any atom is 0.265 e. The van der Waals surface area contributed by atoms with Crippen LogP contribution in [0.15, 0.2) is 45.8 Å². The molecule has 25 heavy (non-hydrogen) atoms. The lowest BCUT2D eigenvalue weighted by Gasteiger charge is -2.15. The molecule has 2 N–H and O–H groups in total. The van der Waals surface area contributed by atoms with Gasteiger partial charge in [-0.25, -0.2) is 8.42 Å².